The first kappa shape index (κ1) is 9.52. The van der Waals surface area contributed by atoms with Crippen LogP contribution in [0, 0.1) is 17.8 Å². The van der Waals surface area contributed by atoms with Crippen molar-refractivity contribution < 1.29 is 9.90 Å². The number of carbonyl (C=O) groups is 1. The Hall–Kier alpha value is -0.570. The SMILES string of the molecule is CC(C)C[C@H]1CNC[C@@H]1C(=O)O. The molecule has 0 radical (unpaired) electrons. The summed E-state index contributed by atoms with van der Waals surface area (Å²) in [6, 6.07) is 0. The number of hydrogen-bond acceptors (Lipinski definition) is 2. The first-order chi connectivity index (χ1) is 5.61. The van der Waals surface area contributed by atoms with Gasteiger partial charge in [0.2, 0.25) is 0 Å². The largest absolute Gasteiger partial charge is 0.481 e. The molecule has 1 fully saturated rings. The summed E-state index contributed by atoms with van der Waals surface area (Å²) in [6.07, 6.45) is 1.02. The van der Waals surface area contributed by atoms with Crippen molar-refractivity contribution >= 4 is 5.97 Å². The first-order valence-corrected chi connectivity index (χ1v) is 4.54. The van der Waals surface area contributed by atoms with Gasteiger partial charge in [0, 0.05) is 6.54 Å². The number of aliphatic carboxylic acids is 1. The van der Waals surface area contributed by atoms with Crippen molar-refractivity contribution in [3.05, 3.63) is 0 Å². The highest BCUT2D eigenvalue weighted by atomic mass is 16.4. The molecule has 0 amide bonds. The fourth-order valence-electron chi connectivity index (χ4n) is 1.88. The lowest BCUT2D eigenvalue weighted by Gasteiger charge is -2.16. The van der Waals surface area contributed by atoms with Crippen LogP contribution in [0.15, 0.2) is 0 Å². The topological polar surface area (TPSA) is 49.3 Å². The van der Waals surface area contributed by atoms with Crippen molar-refractivity contribution in [2.45, 2.75) is 20.3 Å². The minimum absolute atomic E-state index is 0.160. The van der Waals surface area contributed by atoms with E-state index in [0.29, 0.717) is 18.4 Å². The van der Waals surface area contributed by atoms with E-state index in [4.69, 9.17) is 5.11 Å². The molecule has 1 aliphatic rings. The molecule has 3 heteroatoms. The van der Waals surface area contributed by atoms with Crippen LogP contribution in [0.1, 0.15) is 20.3 Å². The Morgan fingerprint density at radius 1 is 1.58 bits per heavy atom. The Balaban J connectivity index is 2.46. The van der Waals surface area contributed by atoms with Crippen molar-refractivity contribution in [2.75, 3.05) is 13.1 Å². The van der Waals surface area contributed by atoms with E-state index in [9.17, 15) is 4.79 Å². The molecule has 0 aromatic carbocycles. The molecule has 0 aromatic heterocycles. The van der Waals surface area contributed by atoms with Crippen LogP contribution in [0.3, 0.4) is 0 Å². The summed E-state index contributed by atoms with van der Waals surface area (Å²) >= 11 is 0. The zero-order valence-corrected chi connectivity index (χ0v) is 7.71. The third-order valence-corrected chi connectivity index (χ3v) is 2.43. The molecule has 1 rings (SSSR count). The smallest absolute Gasteiger partial charge is 0.308 e. The molecule has 0 spiro atoms. The van der Waals surface area contributed by atoms with Gasteiger partial charge < -0.3 is 10.4 Å². The number of nitrogens with one attached hydrogen (secondary N) is 1. The zero-order chi connectivity index (χ0) is 9.14. The molecule has 1 heterocycles. The van der Waals surface area contributed by atoms with Gasteiger partial charge in [-0.3, -0.25) is 4.79 Å². The molecule has 2 N–H and O–H groups in total. The van der Waals surface area contributed by atoms with Gasteiger partial charge >= 0.3 is 5.97 Å². The molecule has 0 unspecified atom stereocenters. The molecule has 0 bridgehead atoms. The number of hydrogen-bond donors (Lipinski definition) is 2. The summed E-state index contributed by atoms with van der Waals surface area (Å²) in [6.45, 7) is 5.79. The second kappa shape index (κ2) is 3.90. The fraction of sp³-hybridized carbons (Fsp3) is 0.889. The molecule has 12 heavy (non-hydrogen) atoms. The van der Waals surface area contributed by atoms with Crippen LogP contribution < -0.4 is 5.32 Å². The first-order valence-electron chi connectivity index (χ1n) is 4.54. The van der Waals surface area contributed by atoms with E-state index < -0.39 is 5.97 Å². The molecule has 0 saturated carbocycles. The molecule has 0 aliphatic carbocycles. The van der Waals surface area contributed by atoms with Gasteiger partial charge in [0.1, 0.15) is 0 Å². The summed E-state index contributed by atoms with van der Waals surface area (Å²) < 4.78 is 0. The van der Waals surface area contributed by atoms with Crippen LogP contribution in [0.25, 0.3) is 0 Å². The normalized spacial score (nSPS) is 29.6. The highest BCUT2D eigenvalue weighted by Crippen LogP contribution is 2.23. The van der Waals surface area contributed by atoms with E-state index in [1.54, 1.807) is 0 Å². The van der Waals surface area contributed by atoms with Gasteiger partial charge in [-0.25, -0.2) is 0 Å². The van der Waals surface area contributed by atoms with Crippen LogP contribution in [0.5, 0.6) is 0 Å². The number of rotatable bonds is 3. The maximum atomic E-state index is 10.8. The predicted octanol–water partition coefficient (Wildman–Crippen LogP) is 0.953. The average molecular weight is 171 g/mol. The standard InChI is InChI=1S/C9H17NO2/c1-6(2)3-7-4-10-5-8(7)9(11)12/h6-8,10H,3-5H2,1-2H3,(H,11,12)/t7-,8-/m0/s1. The Kier molecular flexibility index (Phi) is 3.09. The van der Waals surface area contributed by atoms with Crippen LogP contribution in [0.4, 0.5) is 0 Å². The van der Waals surface area contributed by atoms with Crippen molar-refractivity contribution in [1.29, 1.82) is 0 Å². The number of carboxylic acids is 1. The summed E-state index contributed by atoms with van der Waals surface area (Å²) in [5, 5.41) is 12.0. The lowest BCUT2D eigenvalue weighted by molar-refractivity contribution is -0.142. The average Bonchev–Trinajstić information content (AvgIpc) is 2.33. The van der Waals surface area contributed by atoms with E-state index in [0.717, 1.165) is 13.0 Å². The predicted molar refractivity (Wildman–Crippen MR) is 46.9 cm³/mol. The molecule has 2 atom stereocenters. The zero-order valence-electron chi connectivity index (χ0n) is 7.71. The fourth-order valence-corrected chi connectivity index (χ4v) is 1.88. The van der Waals surface area contributed by atoms with Crippen LogP contribution in [-0.4, -0.2) is 24.2 Å². The van der Waals surface area contributed by atoms with Crippen molar-refractivity contribution in [3.8, 4) is 0 Å². The van der Waals surface area contributed by atoms with Crippen molar-refractivity contribution in [3.63, 3.8) is 0 Å². The van der Waals surface area contributed by atoms with Gasteiger partial charge in [0.25, 0.3) is 0 Å². The highest BCUT2D eigenvalue weighted by Gasteiger charge is 2.32. The lowest BCUT2D eigenvalue weighted by Crippen LogP contribution is -2.23. The molecular weight excluding hydrogens is 154 g/mol. The second-order valence-electron chi connectivity index (χ2n) is 3.99. The molecule has 1 saturated heterocycles. The van der Waals surface area contributed by atoms with Gasteiger partial charge in [0.05, 0.1) is 5.92 Å². The monoisotopic (exact) mass is 171 g/mol. The molecule has 70 valence electrons. The van der Waals surface area contributed by atoms with Gasteiger partial charge in [-0.05, 0) is 24.8 Å². The summed E-state index contributed by atoms with van der Waals surface area (Å²) in [5.41, 5.74) is 0. The van der Waals surface area contributed by atoms with Crippen molar-refractivity contribution in [1.82, 2.24) is 5.32 Å². The summed E-state index contributed by atoms with van der Waals surface area (Å²) in [5.74, 6) is 0.122. The number of carboxylic acid groups (broad SMARTS) is 1. The maximum Gasteiger partial charge on any atom is 0.308 e. The van der Waals surface area contributed by atoms with Gasteiger partial charge in [-0.15, -0.1) is 0 Å². The Labute approximate surface area is 73.2 Å². The van der Waals surface area contributed by atoms with E-state index in [-0.39, 0.29) is 5.92 Å². The highest BCUT2D eigenvalue weighted by molar-refractivity contribution is 5.71. The van der Waals surface area contributed by atoms with E-state index in [1.807, 2.05) is 0 Å². The van der Waals surface area contributed by atoms with Gasteiger partial charge in [0.15, 0.2) is 0 Å². The van der Waals surface area contributed by atoms with Gasteiger partial charge in [-0.2, -0.15) is 0 Å². The Bertz CT molecular complexity index is 168. The minimum Gasteiger partial charge on any atom is -0.481 e. The van der Waals surface area contributed by atoms with Crippen molar-refractivity contribution in [2.24, 2.45) is 17.8 Å². The molecule has 0 aromatic rings. The van der Waals surface area contributed by atoms with E-state index in [2.05, 4.69) is 19.2 Å². The quantitative estimate of drug-likeness (QED) is 0.664. The summed E-state index contributed by atoms with van der Waals surface area (Å²) in [4.78, 5) is 10.8. The Morgan fingerprint density at radius 3 is 2.75 bits per heavy atom. The van der Waals surface area contributed by atoms with Crippen LogP contribution in [-0.2, 0) is 4.79 Å². The van der Waals surface area contributed by atoms with Gasteiger partial charge in [-0.1, -0.05) is 13.8 Å². The lowest BCUT2D eigenvalue weighted by atomic mass is 9.88. The molecular formula is C9H17NO2. The minimum atomic E-state index is -0.648. The Morgan fingerprint density at radius 2 is 2.25 bits per heavy atom. The third-order valence-electron chi connectivity index (χ3n) is 2.43. The van der Waals surface area contributed by atoms with Crippen LogP contribution >= 0.6 is 0 Å². The second-order valence-corrected chi connectivity index (χ2v) is 3.99. The molecule has 3 nitrogen and oxygen atoms in total. The van der Waals surface area contributed by atoms with E-state index in [1.165, 1.54) is 0 Å². The third kappa shape index (κ3) is 2.21. The van der Waals surface area contributed by atoms with Crippen LogP contribution in [0.2, 0.25) is 0 Å². The molecule has 1 aliphatic heterocycles. The maximum absolute atomic E-state index is 10.8. The van der Waals surface area contributed by atoms with E-state index >= 15 is 0 Å². The summed E-state index contributed by atoms with van der Waals surface area (Å²) in [7, 11) is 0.